The summed E-state index contributed by atoms with van der Waals surface area (Å²) in [6.07, 6.45) is 5.42. The fourth-order valence-electron chi connectivity index (χ4n) is 1.82. The van der Waals surface area contributed by atoms with Gasteiger partial charge in [-0.2, -0.15) is 0 Å². The van der Waals surface area contributed by atoms with E-state index >= 15 is 0 Å². The number of rotatable bonds is 3. The van der Waals surface area contributed by atoms with Crippen LogP contribution < -0.4 is 5.32 Å². The summed E-state index contributed by atoms with van der Waals surface area (Å²) in [6.45, 7) is 0.641. The van der Waals surface area contributed by atoms with Crippen LogP contribution >= 0.6 is 15.9 Å². The van der Waals surface area contributed by atoms with E-state index < -0.39 is 0 Å². The molecule has 0 spiro atoms. The van der Waals surface area contributed by atoms with E-state index in [0.717, 1.165) is 21.6 Å². The number of fused-ring (bicyclic) bond motifs is 1. The van der Waals surface area contributed by atoms with Crippen LogP contribution in [0.1, 0.15) is 5.69 Å². The van der Waals surface area contributed by atoms with E-state index in [2.05, 4.69) is 31.2 Å². The molecule has 0 atom stereocenters. The molecule has 0 radical (unpaired) electrons. The third-order valence-electron chi connectivity index (χ3n) is 2.78. The number of halogens is 1. The minimum absolute atomic E-state index is 0.260. The summed E-state index contributed by atoms with van der Waals surface area (Å²) in [7, 11) is 0. The quantitative estimate of drug-likeness (QED) is 0.729. The fourth-order valence-corrected chi connectivity index (χ4v) is 2.13. The predicted molar refractivity (Wildman–Crippen MR) is 76.1 cm³/mol. The van der Waals surface area contributed by atoms with Gasteiger partial charge in [-0.3, -0.25) is 4.40 Å². The van der Waals surface area contributed by atoms with Crippen molar-refractivity contribution in [3.05, 3.63) is 53.2 Å². The summed E-state index contributed by atoms with van der Waals surface area (Å²) in [5, 5.41) is 12.5. The molecule has 0 aliphatic rings. The van der Waals surface area contributed by atoms with Crippen molar-refractivity contribution in [2.24, 2.45) is 0 Å². The van der Waals surface area contributed by atoms with Crippen LogP contribution in [0.4, 0.5) is 5.69 Å². The zero-order valence-corrected chi connectivity index (χ0v) is 11.5. The molecule has 0 amide bonds. The van der Waals surface area contributed by atoms with Crippen LogP contribution in [0.25, 0.3) is 5.65 Å². The number of nitrogens with zero attached hydrogens (tertiary/aromatic N) is 3. The van der Waals surface area contributed by atoms with Crippen molar-refractivity contribution in [2.75, 3.05) is 5.32 Å². The molecule has 19 heavy (non-hydrogen) atoms. The smallest absolute Gasteiger partial charge is 0.155 e. The van der Waals surface area contributed by atoms with E-state index in [-0.39, 0.29) is 5.75 Å². The average molecular weight is 319 g/mol. The van der Waals surface area contributed by atoms with Gasteiger partial charge >= 0.3 is 0 Å². The largest absolute Gasteiger partial charge is 0.508 e. The maximum absolute atomic E-state index is 9.23. The molecule has 0 unspecified atom stereocenters. The van der Waals surface area contributed by atoms with E-state index in [4.69, 9.17) is 0 Å². The monoisotopic (exact) mass is 318 g/mol. The number of anilines is 1. The number of aromatic hydroxyl groups is 1. The van der Waals surface area contributed by atoms with Gasteiger partial charge in [0, 0.05) is 11.9 Å². The highest BCUT2D eigenvalue weighted by molar-refractivity contribution is 9.10. The van der Waals surface area contributed by atoms with E-state index in [9.17, 15) is 5.11 Å². The van der Waals surface area contributed by atoms with Crippen LogP contribution in [0, 0.1) is 0 Å². The van der Waals surface area contributed by atoms with Gasteiger partial charge in [-0.25, -0.2) is 9.97 Å². The third kappa shape index (κ3) is 2.53. The van der Waals surface area contributed by atoms with Crippen LogP contribution in [0.2, 0.25) is 0 Å². The van der Waals surface area contributed by atoms with E-state index in [1.807, 2.05) is 28.9 Å². The van der Waals surface area contributed by atoms with Crippen LogP contribution in [-0.2, 0) is 6.54 Å². The van der Waals surface area contributed by atoms with Gasteiger partial charge < -0.3 is 10.4 Å². The second kappa shape index (κ2) is 4.89. The van der Waals surface area contributed by atoms with Gasteiger partial charge in [-0.1, -0.05) is 0 Å². The fraction of sp³-hybridized carbons (Fsp3) is 0.0769. The first-order chi connectivity index (χ1) is 9.22. The van der Waals surface area contributed by atoms with Crippen molar-refractivity contribution in [2.45, 2.75) is 6.54 Å². The van der Waals surface area contributed by atoms with Crippen molar-refractivity contribution >= 4 is 27.3 Å². The summed E-state index contributed by atoms with van der Waals surface area (Å²) in [5.41, 5.74) is 2.79. The van der Waals surface area contributed by atoms with Gasteiger partial charge in [0.2, 0.25) is 0 Å². The first kappa shape index (κ1) is 12.0. The summed E-state index contributed by atoms with van der Waals surface area (Å²) < 4.78 is 2.74. The Morgan fingerprint density at radius 3 is 2.74 bits per heavy atom. The lowest BCUT2D eigenvalue weighted by Crippen LogP contribution is -2.02. The number of phenols is 1. The SMILES string of the molecule is Oc1ccc(NCc2cnc3cnc(Br)cn23)cc1. The Balaban J connectivity index is 1.81. The molecule has 0 fully saturated rings. The zero-order chi connectivity index (χ0) is 13.2. The normalized spacial score (nSPS) is 10.8. The number of aromatic nitrogens is 3. The van der Waals surface area contributed by atoms with Crippen LogP contribution in [0.15, 0.2) is 47.5 Å². The van der Waals surface area contributed by atoms with Gasteiger partial charge in [0.25, 0.3) is 0 Å². The molecule has 0 aliphatic heterocycles. The number of phenolic OH excluding ortho intramolecular Hbond substituents is 1. The highest BCUT2D eigenvalue weighted by Crippen LogP contribution is 2.16. The highest BCUT2D eigenvalue weighted by atomic mass is 79.9. The first-order valence-corrected chi connectivity index (χ1v) is 6.52. The van der Waals surface area contributed by atoms with E-state index in [1.54, 1.807) is 18.3 Å². The molecule has 0 saturated heterocycles. The lowest BCUT2D eigenvalue weighted by molar-refractivity contribution is 0.475. The molecule has 1 aromatic carbocycles. The maximum Gasteiger partial charge on any atom is 0.155 e. The Hall–Kier alpha value is -2.08. The van der Waals surface area contributed by atoms with Crippen LogP contribution in [0.5, 0.6) is 5.75 Å². The Labute approximate surface area is 118 Å². The second-order valence-electron chi connectivity index (χ2n) is 4.09. The average Bonchev–Trinajstić information content (AvgIpc) is 2.80. The molecule has 2 aromatic heterocycles. The van der Waals surface area contributed by atoms with Gasteiger partial charge in [0.05, 0.1) is 24.6 Å². The molecule has 96 valence electrons. The molecular formula is C13H11BrN4O. The molecule has 3 aromatic rings. The first-order valence-electron chi connectivity index (χ1n) is 5.73. The molecule has 2 heterocycles. The summed E-state index contributed by atoms with van der Waals surface area (Å²) in [5.74, 6) is 0.260. The summed E-state index contributed by atoms with van der Waals surface area (Å²) >= 11 is 3.35. The summed E-state index contributed by atoms with van der Waals surface area (Å²) in [6, 6.07) is 6.96. The van der Waals surface area contributed by atoms with Gasteiger partial charge in [-0.15, -0.1) is 0 Å². The lowest BCUT2D eigenvalue weighted by atomic mass is 10.3. The number of hydrogen-bond acceptors (Lipinski definition) is 4. The van der Waals surface area contributed by atoms with Gasteiger partial charge in [0.15, 0.2) is 5.65 Å². The van der Waals surface area contributed by atoms with E-state index in [0.29, 0.717) is 6.54 Å². The Morgan fingerprint density at radius 2 is 1.95 bits per heavy atom. The van der Waals surface area contributed by atoms with Crippen molar-refractivity contribution in [1.82, 2.24) is 14.4 Å². The maximum atomic E-state index is 9.23. The molecule has 0 saturated carbocycles. The lowest BCUT2D eigenvalue weighted by Gasteiger charge is -2.06. The van der Waals surface area contributed by atoms with Gasteiger partial charge in [0.1, 0.15) is 10.4 Å². The van der Waals surface area contributed by atoms with Crippen molar-refractivity contribution in [3.63, 3.8) is 0 Å². The molecule has 2 N–H and O–H groups in total. The number of benzene rings is 1. The Kier molecular flexibility index (Phi) is 3.08. The number of imidazole rings is 1. The van der Waals surface area contributed by atoms with Crippen LogP contribution in [0.3, 0.4) is 0 Å². The van der Waals surface area contributed by atoms with E-state index in [1.165, 1.54) is 0 Å². The molecule has 5 nitrogen and oxygen atoms in total. The van der Waals surface area contributed by atoms with Crippen molar-refractivity contribution in [3.8, 4) is 5.75 Å². The van der Waals surface area contributed by atoms with Crippen molar-refractivity contribution < 1.29 is 5.11 Å². The molecule has 3 rings (SSSR count). The minimum atomic E-state index is 0.260. The minimum Gasteiger partial charge on any atom is -0.508 e. The molecule has 0 aliphatic carbocycles. The third-order valence-corrected chi connectivity index (χ3v) is 3.19. The summed E-state index contributed by atoms with van der Waals surface area (Å²) in [4.78, 5) is 8.42. The standard InChI is InChI=1S/C13H11BrN4O/c14-12-8-18-10(6-17-13(18)7-16-12)5-15-9-1-3-11(19)4-2-9/h1-4,6-8,15,19H,5H2. The van der Waals surface area contributed by atoms with Crippen molar-refractivity contribution in [1.29, 1.82) is 0 Å². The van der Waals surface area contributed by atoms with Gasteiger partial charge in [-0.05, 0) is 40.2 Å². The zero-order valence-electron chi connectivity index (χ0n) is 9.92. The molecular weight excluding hydrogens is 308 g/mol. The Morgan fingerprint density at radius 1 is 1.16 bits per heavy atom. The second-order valence-corrected chi connectivity index (χ2v) is 4.90. The number of nitrogens with one attached hydrogen (secondary N) is 1. The predicted octanol–water partition coefficient (Wildman–Crippen LogP) is 2.81. The number of hydrogen-bond donors (Lipinski definition) is 2. The molecule has 0 bridgehead atoms. The Bertz CT molecular complexity index is 708. The van der Waals surface area contributed by atoms with Crippen LogP contribution in [-0.4, -0.2) is 19.5 Å². The topological polar surface area (TPSA) is 62.5 Å². The highest BCUT2D eigenvalue weighted by Gasteiger charge is 2.04. The molecule has 6 heteroatoms.